The van der Waals surface area contributed by atoms with Crippen molar-refractivity contribution >= 4 is 11.3 Å². The Hall–Kier alpha value is -0.450. The van der Waals surface area contributed by atoms with Gasteiger partial charge in [0.1, 0.15) is 11.1 Å². The smallest absolute Gasteiger partial charge is 0.122 e. The second-order valence-corrected chi connectivity index (χ2v) is 4.53. The topological polar surface area (TPSA) is 48.1 Å². The molecule has 1 aromatic rings. The zero-order chi connectivity index (χ0) is 9.26. The third-order valence-electron chi connectivity index (χ3n) is 2.28. The molecule has 3 nitrogen and oxygen atoms in total. The van der Waals surface area contributed by atoms with Gasteiger partial charge in [0.2, 0.25) is 0 Å². The van der Waals surface area contributed by atoms with E-state index in [0.29, 0.717) is 12.6 Å². The van der Waals surface area contributed by atoms with E-state index in [0.717, 1.165) is 22.7 Å². The average molecular weight is 198 g/mol. The lowest BCUT2D eigenvalue weighted by atomic mass is 10.2. The molecule has 0 aliphatic carbocycles. The lowest BCUT2D eigenvalue weighted by Crippen LogP contribution is -2.00. The summed E-state index contributed by atoms with van der Waals surface area (Å²) in [4.78, 5) is 5.45. The lowest BCUT2D eigenvalue weighted by molar-refractivity contribution is 0.0554. The molecule has 1 saturated heterocycles. The minimum Gasteiger partial charge on any atom is -0.368 e. The van der Waals surface area contributed by atoms with Crippen molar-refractivity contribution in [2.24, 2.45) is 5.73 Å². The molecule has 4 heteroatoms. The highest BCUT2D eigenvalue weighted by Gasteiger charge is 2.25. The Morgan fingerprint density at radius 2 is 2.54 bits per heavy atom. The maximum Gasteiger partial charge on any atom is 0.122 e. The molecule has 2 rings (SSSR count). The predicted octanol–water partition coefficient (Wildman–Crippen LogP) is 1.84. The first-order chi connectivity index (χ1) is 6.29. The standard InChI is InChI=1S/C9H14N2OS/c1-6-2-3-8(12-6)9-11-5-7(4-10)13-9/h5-6,8H,2-4,10H2,1H3. The summed E-state index contributed by atoms with van der Waals surface area (Å²) in [5.41, 5.74) is 5.52. The number of nitrogens with zero attached hydrogens (tertiary/aromatic N) is 1. The molecule has 2 atom stereocenters. The van der Waals surface area contributed by atoms with Gasteiger partial charge in [-0.3, -0.25) is 0 Å². The molecule has 1 fully saturated rings. The second-order valence-electron chi connectivity index (χ2n) is 3.38. The van der Waals surface area contributed by atoms with Crippen molar-refractivity contribution in [3.05, 3.63) is 16.1 Å². The van der Waals surface area contributed by atoms with Gasteiger partial charge in [-0.25, -0.2) is 4.98 Å². The molecule has 1 aliphatic rings. The van der Waals surface area contributed by atoms with Crippen LogP contribution in [0, 0.1) is 0 Å². The monoisotopic (exact) mass is 198 g/mol. The van der Waals surface area contributed by atoms with Crippen LogP contribution in [0.3, 0.4) is 0 Å². The first kappa shape index (κ1) is 9.12. The van der Waals surface area contributed by atoms with E-state index in [1.54, 1.807) is 11.3 Å². The van der Waals surface area contributed by atoms with Gasteiger partial charge in [0.25, 0.3) is 0 Å². The Bertz CT molecular complexity index is 287. The van der Waals surface area contributed by atoms with Gasteiger partial charge in [0, 0.05) is 17.6 Å². The molecule has 0 aromatic carbocycles. The number of thiazole rings is 1. The maximum absolute atomic E-state index is 5.71. The van der Waals surface area contributed by atoms with Crippen molar-refractivity contribution < 1.29 is 4.74 Å². The molecular formula is C9H14N2OS. The Labute approximate surface area is 81.9 Å². The van der Waals surface area contributed by atoms with Crippen LogP contribution in [-0.2, 0) is 11.3 Å². The molecular weight excluding hydrogens is 184 g/mol. The molecule has 72 valence electrons. The van der Waals surface area contributed by atoms with E-state index < -0.39 is 0 Å². The first-order valence-electron chi connectivity index (χ1n) is 4.59. The minimum absolute atomic E-state index is 0.222. The summed E-state index contributed by atoms with van der Waals surface area (Å²) in [7, 11) is 0. The fraction of sp³-hybridized carbons (Fsp3) is 0.667. The quantitative estimate of drug-likeness (QED) is 0.788. The van der Waals surface area contributed by atoms with Crippen LogP contribution in [0.15, 0.2) is 6.20 Å². The summed E-state index contributed by atoms with van der Waals surface area (Å²) in [6.45, 7) is 2.69. The van der Waals surface area contributed by atoms with Crippen molar-refractivity contribution in [1.82, 2.24) is 4.98 Å². The largest absolute Gasteiger partial charge is 0.368 e. The van der Waals surface area contributed by atoms with E-state index in [9.17, 15) is 0 Å². The van der Waals surface area contributed by atoms with Crippen molar-refractivity contribution in [3.8, 4) is 0 Å². The van der Waals surface area contributed by atoms with E-state index in [-0.39, 0.29) is 6.10 Å². The second kappa shape index (κ2) is 3.74. The summed E-state index contributed by atoms with van der Waals surface area (Å²) >= 11 is 1.67. The van der Waals surface area contributed by atoms with Gasteiger partial charge in [0.05, 0.1) is 6.10 Å². The van der Waals surface area contributed by atoms with Crippen molar-refractivity contribution in [3.63, 3.8) is 0 Å². The van der Waals surface area contributed by atoms with Crippen LogP contribution in [0.2, 0.25) is 0 Å². The number of hydrogen-bond donors (Lipinski definition) is 1. The average Bonchev–Trinajstić information content (AvgIpc) is 2.71. The lowest BCUT2D eigenvalue weighted by Gasteiger charge is -2.06. The van der Waals surface area contributed by atoms with Crippen LogP contribution in [-0.4, -0.2) is 11.1 Å². The number of nitrogens with two attached hydrogens (primary N) is 1. The fourth-order valence-corrected chi connectivity index (χ4v) is 2.42. The molecule has 0 radical (unpaired) electrons. The Balaban J connectivity index is 2.08. The summed E-state index contributed by atoms with van der Waals surface area (Å²) < 4.78 is 5.71. The summed E-state index contributed by atoms with van der Waals surface area (Å²) in [6, 6.07) is 0. The zero-order valence-electron chi connectivity index (χ0n) is 7.69. The SMILES string of the molecule is CC1CCC(c2ncc(CN)s2)O1. The van der Waals surface area contributed by atoms with Crippen LogP contribution in [0.5, 0.6) is 0 Å². The highest BCUT2D eigenvalue weighted by Crippen LogP contribution is 2.34. The molecule has 1 aromatic heterocycles. The Morgan fingerprint density at radius 3 is 3.08 bits per heavy atom. The van der Waals surface area contributed by atoms with Gasteiger partial charge in [0.15, 0.2) is 0 Å². The van der Waals surface area contributed by atoms with Gasteiger partial charge in [-0.05, 0) is 19.8 Å². The Kier molecular flexibility index (Phi) is 2.62. The molecule has 0 spiro atoms. The third kappa shape index (κ3) is 1.90. The van der Waals surface area contributed by atoms with E-state index >= 15 is 0 Å². The van der Waals surface area contributed by atoms with Crippen molar-refractivity contribution in [2.45, 2.75) is 38.5 Å². The summed E-state index contributed by atoms with van der Waals surface area (Å²) in [5, 5.41) is 1.09. The fourth-order valence-electron chi connectivity index (χ4n) is 1.55. The molecule has 2 N–H and O–H groups in total. The maximum atomic E-state index is 5.71. The number of rotatable bonds is 2. The van der Waals surface area contributed by atoms with Crippen LogP contribution in [0.25, 0.3) is 0 Å². The summed E-state index contributed by atoms with van der Waals surface area (Å²) in [6.07, 6.45) is 4.70. The van der Waals surface area contributed by atoms with Crippen LogP contribution >= 0.6 is 11.3 Å². The van der Waals surface area contributed by atoms with Gasteiger partial charge in [-0.1, -0.05) is 0 Å². The van der Waals surface area contributed by atoms with E-state index in [1.807, 2.05) is 6.20 Å². The normalized spacial score (nSPS) is 28.2. The molecule has 0 saturated carbocycles. The van der Waals surface area contributed by atoms with E-state index in [1.165, 1.54) is 0 Å². The van der Waals surface area contributed by atoms with Crippen molar-refractivity contribution in [1.29, 1.82) is 0 Å². The molecule has 1 aliphatic heterocycles. The van der Waals surface area contributed by atoms with Gasteiger partial charge >= 0.3 is 0 Å². The van der Waals surface area contributed by atoms with Crippen molar-refractivity contribution in [2.75, 3.05) is 0 Å². The third-order valence-corrected chi connectivity index (χ3v) is 3.39. The highest BCUT2D eigenvalue weighted by molar-refractivity contribution is 7.11. The summed E-state index contributed by atoms with van der Waals surface area (Å²) in [5.74, 6) is 0. The first-order valence-corrected chi connectivity index (χ1v) is 5.41. The van der Waals surface area contributed by atoms with Gasteiger partial charge in [-0.2, -0.15) is 0 Å². The van der Waals surface area contributed by atoms with Gasteiger partial charge < -0.3 is 10.5 Å². The number of hydrogen-bond acceptors (Lipinski definition) is 4. The predicted molar refractivity (Wildman–Crippen MR) is 52.5 cm³/mol. The Morgan fingerprint density at radius 1 is 1.69 bits per heavy atom. The van der Waals surface area contributed by atoms with Crippen LogP contribution < -0.4 is 5.73 Å². The number of aromatic nitrogens is 1. The van der Waals surface area contributed by atoms with Gasteiger partial charge in [-0.15, -0.1) is 11.3 Å². The van der Waals surface area contributed by atoms with Crippen LogP contribution in [0.4, 0.5) is 0 Å². The van der Waals surface area contributed by atoms with Crippen LogP contribution in [0.1, 0.15) is 35.8 Å². The molecule has 2 unspecified atom stereocenters. The van der Waals surface area contributed by atoms with E-state index in [2.05, 4.69) is 11.9 Å². The molecule has 0 amide bonds. The highest BCUT2D eigenvalue weighted by atomic mass is 32.1. The molecule has 0 bridgehead atoms. The number of ether oxygens (including phenoxy) is 1. The minimum atomic E-state index is 0.222. The molecule has 2 heterocycles. The zero-order valence-corrected chi connectivity index (χ0v) is 8.51. The van der Waals surface area contributed by atoms with E-state index in [4.69, 9.17) is 10.5 Å². The molecule has 13 heavy (non-hydrogen) atoms.